The van der Waals surface area contributed by atoms with Gasteiger partial charge in [0.15, 0.2) is 5.56 Å². The third-order valence-corrected chi connectivity index (χ3v) is 6.07. The fourth-order valence-corrected chi connectivity index (χ4v) is 4.04. The number of rotatable bonds is 9. The van der Waals surface area contributed by atoms with Crippen LogP contribution in [0.25, 0.3) is 0 Å². The monoisotopic (exact) mass is 483 g/mol. The Hall–Kier alpha value is -2.83. The molecule has 3 rings (SSSR count). The highest BCUT2D eigenvalue weighted by Crippen LogP contribution is 2.31. The molecule has 1 aromatic heterocycles. The number of nitrogens with one attached hydrogen (secondary N) is 2. The Morgan fingerprint density at radius 2 is 1.94 bits per heavy atom. The smallest absolute Gasteiger partial charge is 0.344 e. The number of aryl methyl sites for hydroxylation is 1. The van der Waals surface area contributed by atoms with Crippen molar-refractivity contribution in [2.45, 2.75) is 20.0 Å². The van der Waals surface area contributed by atoms with Gasteiger partial charge in [-0.25, -0.2) is 18.4 Å². The van der Waals surface area contributed by atoms with E-state index in [0.717, 1.165) is 62.8 Å². The fourth-order valence-electron chi connectivity index (χ4n) is 3.32. The molecule has 2 heterocycles. The normalized spacial score (nSPS) is 14.8. The summed E-state index contributed by atoms with van der Waals surface area (Å²) in [6, 6.07) is 1.47. The molecule has 180 valence electrons. The van der Waals surface area contributed by atoms with Crippen molar-refractivity contribution in [3.63, 3.8) is 0 Å². The number of halogens is 2. The Morgan fingerprint density at radius 1 is 1.21 bits per heavy atom. The number of benzene rings is 1. The van der Waals surface area contributed by atoms with Crippen molar-refractivity contribution >= 4 is 28.5 Å². The molecular weight excluding hydrogens is 456 g/mol. The summed E-state index contributed by atoms with van der Waals surface area (Å²) in [5.41, 5.74) is -0.271. The van der Waals surface area contributed by atoms with Crippen molar-refractivity contribution in [2.75, 3.05) is 51.6 Å². The number of urea groups is 1. The van der Waals surface area contributed by atoms with Crippen LogP contribution in [-0.4, -0.2) is 77.6 Å². The molecule has 0 unspecified atom stereocenters. The number of carboxylic acids is 1. The van der Waals surface area contributed by atoms with Crippen LogP contribution in [0.2, 0.25) is 0 Å². The molecule has 1 aliphatic heterocycles. The van der Waals surface area contributed by atoms with Gasteiger partial charge in [-0.05, 0) is 56.2 Å². The molecule has 12 heteroatoms. The minimum atomic E-state index is -1.36. The van der Waals surface area contributed by atoms with Crippen LogP contribution in [-0.2, 0) is 6.61 Å². The number of hydrogen-bond donors (Lipinski definition) is 3. The summed E-state index contributed by atoms with van der Waals surface area (Å²) in [4.78, 5) is 28.5. The minimum absolute atomic E-state index is 0.00961. The minimum Gasteiger partial charge on any atom is -0.477 e. The van der Waals surface area contributed by atoms with Crippen molar-refractivity contribution < 1.29 is 28.2 Å². The lowest BCUT2D eigenvalue weighted by atomic mass is 10.1. The van der Waals surface area contributed by atoms with E-state index in [4.69, 9.17) is 4.74 Å². The number of anilines is 1. The van der Waals surface area contributed by atoms with E-state index in [9.17, 15) is 23.5 Å². The van der Waals surface area contributed by atoms with Gasteiger partial charge in [-0.3, -0.25) is 5.32 Å². The third-order valence-electron chi connectivity index (χ3n) is 5.33. The maximum absolute atomic E-state index is 14.0. The highest BCUT2D eigenvalue weighted by molar-refractivity contribution is 7.11. The summed E-state index contributed by atoms with van der Waals surface area (Å²) in [5, 5.41) is 14.7. The molecule has 3 N–H and O–H groups in total. The van der Waals surface area contributed by atoms with Gasteiger partial charge < -0.3 is 25.0 Å². The fraction of sp³-hybridized carbons (Fsp3) is 0.476. The van der Waals surface area contributed by atoms with E-state index in [-0.39, 0.29) is 27.6 Å². The molecule has 33 heavy (non-hydrogen) atoms. The summed E-state index contributed by atoms with van der Waals surface area (Å²) in [5.74, 6) is -2.91. The van der Waals surface area contributed by atoms with E-state index >= 15 is 0 Å². The molecule has 0 spiro atoms. The van der Waals surface area contributed by atoms with E-state index in [1.54, 1.807) is 0 Å². The van der Waals surface area contributed by atoms with Gasteiger partial charge in [0.2, 0.25) is 5.88 Å². The maximum atomic E-state index is 14.0. The topological polar surface area (TPSA) is 107 Å². The Bertz CT molecular complexity index is 995. The highest BCUT2D eigenvalue weighted by Gasteiger charge is 2.24. The van der Waals surface area contributed by atoms with Gasteiger partial charge >= 0.3 is 12.0 Å². The Labute approximate surface area is 194 Å². The average Bonchev–Trinajstić information content (AvgIpc) is 3.16. The van der Waals surface area contributed by atoms with Gasteiger partial charge in [0.05, 0.1) is 0 Å². The zero-order valence-electron chi connectivity index (χ0n) is 18.5. The number of aromatic nitrogens is 1. The zero-order chi connectivity index (χ0) is 24.0. The van der Waals surface area contributed by atoms with Crippen LogP contribution in [0.1, 0.15) is 27.9 Å². The molecule has 0 aliphatic carbocycles. The van der Waals surface area contributed by atoms with Crippen molar-refractivity contribution in [3.05, 3.63) is 40.5 Å². The predicted octanol–water partition coefficient (Wildman–Crippen LogP) is 2.77. The molecule has 0 atom stereocenters. The second-order valence-corrected chi connectivity index (χ2v) is 8.63. The summed E-state index contributed by atoms with van der Waals surface area (Å²) >= 11 is 0.731. The number of likely N-dealkylation sites (N-methyl/N-ethyl adjacent to an activating group) is 1. The van der Waals surface area contributed by atoms with E-state index in [1.165, 1.54) is 6.92 Å². The molecule has 1 aliphatic rings. The number of carboxylic acid groups (broad SMARTS) is 1. The molecule has 2 amide bonds. The number of carbonyl (C=O) groups is 2. The van der Waals surface area contributed by atoms with Crippen LogP contribution in [0.15, 0.2) is 12.1 Å². The SMILES string of the molecule is Cc1cc(F)c(COc2nsc(NC(=O)NCCCN3CCN(C)CC3)c2C(=O)O)cc1F. The van der Waals surface area contributed by atoms with Gasteiger partial charge in [0, 0.05) is 38.3 Å². The molecule has 1 saturated heterocycles. The number of aromatic carboxylic acids is 1. The van der Waals surface area contributed by atoms with Crippen molar-refractivity contribution in [1.82, 2.24) is 19.5 Å². The highest BCUT2D eigenvalue weighted by atomic mass is 32.1. The Morgan fingerprint density at radius 3 is 2.64 bits per heavy atom. The van der Waals surface area contributed by atoms with Crippen LogP contribution in [0, 0.1) is 18.6 Å². The number of hydrogen-bond acceptors (Lipinski definition) is 7. The van der Waals surface area contributed by atoms with Crippen molar-refractivity contribution in [1.29, 1.82) is 0 Å². The summed E-state index contributed by atoms with van der Waals surface area (Å²) in [7, 11) is 2.09. The lowest BCUT2D eigenvalue weighted by Gasteiger charge is -2.32. The summed E-state index contributed by atoms with van der Waals surface area (Å²) in [6.07, 6.45) is 0.763. The number of amides is 2. The third kappa shape index (κ3) is 6.83. The van der Waals surface area contributed by atoms with Crippen molar-refractivity contribution in [3.8, 4) is 5.88 Å². The van der Waals surface area contributed by atoms with Gasteiger partial charge in [0.1, 0.15) is 23.2 Å². The van der Waals surface area contributed by atoms with Crippen LogP contribution < -0.4 is 15.4 Å². The second-order valence-electron chi connectivity index (χ2n) is 7.86. The van der Waals surface area contributed by atoms with E-state index in [2.05, 4.69) is 31.9 Å². The first-order valence-electron chi connectivity index (χ1n) is 10.5. The van der Waals surface area contributed by atoms with Crippen LogP contribution in [0.4, 0.5) is 18.6 Å². The average molecular weight is 484 g/mol. The standard InChI is InChI=1S/C21H27F2N5O4S/c1-13-10-16(23)14(11-15(13)22)12-32-18-17(20(29)30)19(33-26-18)25-21(31)24-4-3-5-28-8-6-27(2)7-9-28/h10-11H,3-9,12H2,1-2H3,(H,29,30)(H2,24,25,31). The largest absolute Gasteiger partial charge is 0.477 e. The summed E-state index contributed by atoms with van der Waals surface area (Å²) in [6.45, 7) is 6.35. The maximum Gasteiger partial charge on any atom is 0.344 e. The predicted molar refractivity (Wildman–Crippen MR) is 120 cm³/mol. The first-order valence-corrected chi connectivity index (χ1v) is 11.3. The van der Waals surface area contributed by atoms with Gasteiger partial charge in [-0.15, -0.1) is 0 Å². The van der Waals surface area contributed by atoms with Gasteiger partial charge in [-0.1, -0.05) is 0 Å². The molecule has 0 saturated carbocycles. The van der Waals surface area contributed by atoms with Gasteiger partial charge in [-0.2, -0.15) is 4.37 Å². The molecule has 0 bridgehead atoms. The molecule has 2 aromatic rings. The number of ether oxygens (including phenoxy) is 1. The number of piperazine rings is 1. The molecule has 1 aromatic carbocycles. The number of nitrogens with zero attached hydrogens (tertiary/aromatic N) is 3. The zero-order valence-corrected chi connectivity index (χ0v) is 19.3. The van der Waals surface area contributed by atoms with E-state index < -0.39 is 30.2 Å². The van der Waals surface area contributed by atoms with Gasteiger partial charge in [0.25, 0.3) is 0 Å². The Kier molecular flexibility index (Phi) is 8.53. The summed E-state index contributed by atoms with van der Waals surface area (Å²) < 4.78 is 36.9. The van der Waals surface area contributed by atoms with Crippen LogP contribution in [0.5, 0.6) is 5.88 Å². The molecule has 9 nitrogen and oxygen atoms in total. The lowest BCUT2D eigenvalue weighted by molar-refractivity contribution is 0.0693. The van der Waals surface area contributed by atoms with E-state index in [1.807, 2.05) is 0 Å². The van der Waals surface area contributed by atoms with Crippen LogP contribution >= 0.6 is 11.5 Å². The number of carbonyl (C=O) groups excluding carboxylic acids is 1. The quantitative estimate of drug-likeness (QED) is 0.471. The lowest BCUT2D eigenvalue weighted by Crippen LogP contribution is -2.45. The van der Waals surface area contributed by atoms with Crippen LogP contribution in [0.3, 0.4) is 0 Å². The first kappa shape index (κ1) is 24.8. The second kappa shape index (κ2) is 11.3. The molecule has 1 fully saturated rings. The Balaban J connectivity index is 1.52. The first-order chi connectivity index (χ1) is 15.7. The molecular formula is C21H27F2N5O4S. The van der Waals surface area contributed by atoms with E-state index in [0.29, 0.717) is 6.54 Å². The van der Waals surface area contributed by atoms with Crippen molar-refractivity contribution in [2.24, 2.45) is 0 Å². The molecule has 0 radical (unpaired) electrons.